The Morgan fingerprint density at radius 2 is 1.92 bits per heavy atom. The number of benzene rings is 1. The second-order valence-electron chi connectivity index (χ2n) is 9.22. The first-order valence-corrected chi connectivity index (χ1v) is 13.8. The highest BCUT2D eigenvalue weighted by atomic mass is 32.2. The number of anilines is 1. The molecule has 3 aromatic heterocycles. The molecule has 0 radical (unpaired) electrons. The van der Waals surface area contributed by atoms with Crippen molar-refractivity contribution in [2.75, 3.05) is 38.1 Å². The van der Waals surface area contributed by atoms with Gasteiger partial charge in [0, 0.05) is 31.6 Å². The number of hydrogen-bond donors (Lipinski definition) is 1. The molecule has 0 spiro atoms. The van der Waals surface area contributed by atoms with Crippen LogP contribution < -0.4 is 9.62 Å². The van der Waals surface area contributed by atoms with Crippen molar-refractivity contribution in [3.05, 3.63) is 29.5 Å². The molecule has 1 aromatic carbocycles. The molecular formula is C22H21F2N9O2S2. The number of nitriles is 1. The third-order valence-corrected chi connectivity index (χ3v) is 9.16. The van der Waals surface area contributed by atoms with Gasteiger partial charge in [-0.2, -0.15) is 9.98 Å². The van der Waals surface area contributed by atoms with Crippen molar-refractivity contribution in [1.29, 1.82) is 5.26 Å². The van der Waals surface area contributed by atoms with E-state index >= 15 is 0 Å². The van der Waals surface area contributed by atoms with Gasteiger partial charge >= 0.3 is 0 Å². The lowest BCUT2D eigenvalue weighted by atomic mass is 10.2. The summed E-state index contributed by atoms with van der Waals surface area (Å²) in [4.78, 5) is 13.3. The van der Waals surface area contributed by atoms with Crippen LogP contribution in [0.4, 0.5) is 14.6 Å². The van der Waals surface area contributed by atoms with E-state index in [9.17, 15) is 22.5 Å². The van der Waals surface area contributed by atoms with Crippen molar-refractivity contribution >= 4 is 49.1 Å². The quantitative estimate of drug-likeness (QED) is 0.388. The van der Waals surface area contributed by atoms with Crippen molar-refractivity contribution in [3.8, 4) is 11.2 Å². The third-order valence-electron chi connectivity index (χ3n) is 6.71. The summed E-state index contributed by atoms with van der Waals surface area (Å²) in [5.74, 6) is 0.676. The molecule has 1 saturated carbocycles. The predicted molar refractivity (Wildman–Crippen MR) is 132 cm³/mol. The summed E-state index contributed by atoms with van der Waals surface area (Å²) in [5, 5.41) is 18.0. The van der Waals surface area contributed by atoms with Crippen molar-refractivity contribution < 1.29 is 17.2 Å². The number of alkyl halides is 2. The van der Waals surface area contributed by atoms with Gasteiger partial charge in [0.2, 0.25) is 15.2 Å². The smallest absolute Gasteiger partial charge is 0.291 e. The van der Waals surface area contributed by atoms with Crippen LogP contribution in [-0.4, -0.2) is 76.8 Å². The van der Waals surface area contributed by atoms with Gasteiger partial charge in [-0.05, 0) is 32.0 Å². The van der Waals surface area contributed by atoms with Crippen molar-refractivity contribution in [2.45, 2.75) is 29.7 Å². The molecule has 0 amide bonds. The minimum absolute atomic E-state index is 0.0571. The number of aromatic nitrogens is 5. The van der Waals surface area contributed by atoms with Gasteiger partial charge in [0.05, 0.1) is 21.9 Å². The average molecular weight is 546 g/mol. The Morgan fingerprint density at radius 3 is 2.57 bits per heavy atom. The van der Waals surface area contributed by atoms with Gasteiger partial charge < -0.3 is 9.80 Å². The van der Waals surface area contributed by atoms with Crippen LogP contribution in [0.25, 0.3) is 27.1 Å². The van der Waals surface area contributed by atoms with Crippen LogP contribution in [0.1, 0.15) is 24.3 Å². The standard InChI is InChI=1S/C22H21F2N9O2S2/c1-31-6-8-32(9-7-31)18-16-14-3-2-13(37(34,35)30-22(11-25)4-5-22)10-15(14)33(19(16)27-12-26-18)21-29-28-20(36-21)17(23)24/h2-3,10,12,17,30H,4-9H2,1H3. The molecule has 0 bridgehead atoms. The second kappa shape index (κ2) is 8.62. The summed E-state index contributed by atoms with van der Waals surface area (Å²) >= 11 is 0.709. The Hall–Kier alpha value is -3.32. The molecule has 4 aromatic rings. The Labute approximate surface area is 214 Å². The van der Waals surface area contributed by atoms with Gasteiger partial charge in [-0.3, -0.25) is 4.57 Å². The third kappa shape index (κ3) is 4.09. The number of piperazine rings is 1. The molecule has 0 unspecified atom stereocenters. The molecule has 37 heavy (non-hydrogen) atoms. The van der Waals surface area contributed by atoms with Gasteiger partial charge in [-0.25, -0.2) is 27.2 Å². The van der Waals surface area contributed by atoms with E-state index in [2.05, 4.69) is 34.7 Å². The Balaban J connectivity index is 1.58. The second-order valence-corrected chi connectivity index (χ2v) is 11.9. The van der Waals surface area contributed by atoms with E-state index in [1.54, 1.807) is 10.6 Å². The zero-order valence-electron chi connectivity index (χ0n) is 19.6. The molecule has 2 fully saturated rings. The van der Waals surface area contributed by atoms with Crippen molar-refractivity contribution in [2.24, 2.45) is 0 Å². The Morgan fingerprint density at radius 1 is 1.16 bits per heavy atom. The Kier molecular flexibility index (Phi) is 5.60. The number of nitrogens with one attached hydrogen (secondary N) is 1. The lowest BCUT2D eigenvalue weighted by molar-refractivity contribution is 0.150. The fraction of sp³-hybridized carbons (Fsp3) is 0.409. The van der Waals surface area contributed by atoms with Gasteiger partial charge in [0.1, 0.15) is 17.7 Å². The number of fused-ring (bicyclic) bond motifs is 3. The maximum atomic E-state index is 13.4. The highest BCUT2D eigenvalue weighted by molar-refractivity contribution is 7.89. The lowest BCUT2D eigenvalue weighted by Crippen LogP contribution is -2.44. The zero-order chi connectivity index (χ0) is 25.9. The van der Waals surface area contributed by atoms with Crippen LogP contribution in [0.3, 0.4) is 0 Å². The van der Waals surface area contributed by atoms with E-state index in [1.807, 2.05) is 13.1 Å². The van der Waals surface area contributed by atoms with Crippen LogP contribution in [0, 0.1) is 11.3 Å². The molecule has 4 heterocycles. The van der Waals surface area contributed by atoms with Crippen molar-refractivity contribution in [1.82, 2.24) is 34.4 Å². The number of halogens is 2. The van der Waals surface area contributed by atoms with Crippen LogP contribution in [0.2, 0.25) is 0 Å². The minimum atomic E-state index is -4.03. The zero-order valence-corrected chi connectivity index (χ0v) is 21.2. The number of nitrogens with zero attached hydrogens (tertiary/aromatic N) is 8. The molecule has 0 atom stereocenters. The van der Waals surface area contributed by atoms with Crippen LogP contribution in [0.15, 0.2) is 29.4 Å². The summed E-state index contributed by atoms with van der Waals surface area (Å²) in [6, 6.07) is 6.60. The molecular weight excluding hydrogens is 524 g/mol. The van der Waals surface area contributed by atoms with E-state index in [1.165, 1.54) is 18.5 Å². The molecule has 1 N–H and O–H groups in total. The Bertz CT molecular complexity index is 1670. The maximum absolute atomic E-state index is 13.4. The monoisotopic (exact) mass is 545 g/mol. The molecule has 1 saturated heterocycles. The molecule has 192 valence electrons. The summed E-state index contributed by atoms with van der Waals surface area (Å²) in [6.07, 6.45) is -0.508. The highest BCUT2D eigenvalue weighted by Crippen LogP contribution is 2.40. The van der Waals surface area contributed by atoms with E-state index in [0.717, 1.165) is 26.2 Å². The summed E-state index contributed by atoms with van der Waals surface area (Å²) in [6.45, 7) is 3.15. The summed E-state index contributed by atoms with van der Waals surface area (Å²) in [5.41, 5.74) is -0.270. The first-order chi connectivity index (χ1) is 17.7. The molecule has 6 rings (SSSR count). The average Bonchev–Trinajstić information content (AvgIpc) is 3.32. The van der Waals surface area contributed by atoms with Crippen LogP contribution in [0.5, 0.6) is 0 Å². The largest absolute Gasteiger partial charge is 0.353 e. The number of rotatable bonds is 6. The minimum Gasteiger partial charge on any atom is -0.353 e. The van der Waals surface area contributed by atoms with E-state index in [-0.39, 0.29) is 10.0 Å². The molecule has 2 aliphatic rings. The first kappa shape index (κ1) is 24.0. The van der Waals surface area contributed by atoms with E-state index in [4.69, 9.17) is 0 Å². The summed E-state index contributed by atoms with van der Waals surface area (Å²) < 4.78 is 57.1. The van der Waals surface area contributed by atoms with Gasteiger partial charge in [-0.15, -0.1) is 10.2 Å². The van der Waals surface area contributed by atoms with Crippen LogP contribution in [-0.2, 0) is 10.0 Å². The first-order valence-electron chi connectivity index (χ1n) is 11.5. The normalized spacial score (nSPS) is 18.1. The van der Waals surface area contributed by atoms with Gasteiger partial charge in [0.15, 0.2) is 10.7 Å². The van der Waals surface area contributed by atoms with E-state index < -0.39 is 27.0 Å². The topological polar surface area (TPSA) is 133 Å². The highest BCUT2D eigenvalue weighted by Gasteiger charge is 2.46. The number of hydrogen-bond acceptors (Lipinski definition) is 10. The predicted octanol–water partition coefficient (Wildman–Crippen LogP) is 2.45. The van der Waals surface area contributed by atoms with Crippen molar-refractivity contribution in [3.63, 3.8) is 0 Å². The maximum Gasteiger partial charge on any atom is 0.291 e. The molecule has 1 aliphatic heterocycles. The van der Waals surface area contributed by atoms with Crippen LogP contribution >= 0.6 is 11.3 Å². The molecule has 1 aliphatic carbocycles. The molecule has 11 nitrogen and oxygen atoms in total. The fourth-order valence-electron chi connectivity index (χ4n) is 4.50. The number of likely N-dealkylation sites (N-methyl/N-ethyl adjacent to an activating group) is 1. The van der Waals surface area contributed by atoms with Gasteiger partial charge in [0.25, 0.3) is 6.43 Å². The fourth-order valence-corrected chi connectivity index (χ4v) is 6.61. The number of sulfonamides is 1. The van der Waals surface area contributed by atoms with Gasteiger partial charge in [-0.1, -0.05) is 17.4 Å². The lowest BCUT2D eigenvalue weighted by Gasteiger charge is -2.33. The summed E-state index contributed by atoms with van der Waals surface area (Å²) in [7, 11) is -1.99. The molecule has 15 heteroatoms. The SMILES string of the molecule is CN1CCN(c2ncnc3c2c2ccc(S(=O)(=O)NC4(C#N)CC4)cc2n3-c2nnc(C(F)F)s2)CC1. The van der Waals surface area contributed by atoms with E-state index in [0.29, 0.717) is 51.9 Å².